The van der Waals surface area contributed by atoms with Crippen molar-refractivity contribution in [1.82, 2.24) is 24.8 Å². The molecule has 2 aliphatic rings. The van der Waals surface area contributed by atoms with Crippen LogP contribution in [-0.4, -0.2) is 45.6 Å². The summed E-state index contributed by atoms with van der Waals surface area (Å²) in [5.74, 6) is -1.98. The third-order valence-electron chi connectivity index (χ3n) is 9.02. The van der Waals surface area contributed by atoms with E-state index in [0.717, 1.165) is 51.8 Å². The summed E-state index contributed by atoms with van der Waals surface area (Å²) in [6, 6.07) is 6.91. The number of hydrogen-bond acceptors (Lipinski definition) is 7. The molecule has 0 radical (unpaired) electrons. The van der Waals surface area contributed by atoms with Crippen LogP contribution in [0, 0.1) is 18.6 Å². The highest BCUT2D eigenvalue weighted by Crippen LogP contribution is 2.44. The number of fused-ring (bicyclic) bond motifs is 1. The van der Waals surface area contributed by atoms with Gasteiger partial charge in [0.05, 0.1) is 17.8 Å². The van der Waals surface area contributed by atoms with Crippen LogP contribution in [0.5, 0.6) is 5.88 Å². The van der Waals surface area contributed by atoms with Crippen LogP contribution in [0.1, 0.15) is 52.4 Å². The van der Waals surface area contributed by atoms with E-state index in [0.29, 0.717) is 30.1 Å². The summed E-state index contributed by atoms with van der Waals surface area (Å²) in [6.45, 7) is 2.11. The standard InChI is InChI=1S/C34H33ClF2N6O5/c1-16-23(40-31(45)20-15-42(2)34(47)43(3)33(20)46)11-9-21(36)27(16)29-22(37)8-7-19(30(29)35)25-13-17-5-10-24(28(17)32(41-25)48-4)38-14-18-6-12-26(44)39-18/h7-9,11,13,15,18,24,38H,5-6,10,12,14H2,1-4H3,(H,39,44)(H,40,45)/t18-,24-/m0/s1. The minimum absolute atomic E-state index is 0.0381. The second-order valence-electron chi connectivity index (χ2n) is 12.0. The second kappa shape index (κ2) is 13.0. The number of anilines is 1. The summed E-state index contributed by atoms with van der Waals surface area (Å²) in [5.41, 5.74) is 0.787. The minimum atomic E-state index is -0.831. The molecule has 0 unspecified atom stereocenters. The van der Waals surface area contributed by atoms with E-state index >= 15 is 8.78 Å². The molecule has 4 aromatic rings. The number of nitrogens with zero attached hydrogens (tertiary/aromatic N) is 3. The first-order valence-corrected chi connectivity index (χ1v) is 15.7. The Morgan fingerprint density at radius 2 is 1.81 bits per heavy atom. The van der Waals surface area contributed by atoms with Gasteiger partial charge in [0.15, 0.2) is 0 Å². The number of methoxy groups -OCH3 is 1. The number of carbonyl (C=O) groups is 2. The fourth-order valence-corrected chi connectivity index (χ4v) is 6.82. The third kappa shape index (κ3) is 5.88. The van der Waals surface area contributed by atoms with Gasteiger partial charge in [-0.1, -0.05) is 11.6 Å². The molecule has 3 N–H and O–H groups in total. The van der Waals surface area contributed by atoms with Gasteiger partial charge in [0, 0.05) is 73.3 Å². The number of carbonyl (C=O) groups excluding carboxylic acids is 2. The van der Waals surface area contributed by atoms with Crippen molar-refractivity contribution < 1.29 is 23.1 Å². The molecule has 1 saturated heterocycles. The molecule has 14 heteroatoms. The van der Waals surface area contributed by atoms with Crippen molar-refractivity contribution in [1.29, 1.82) is 0 Å². The monoisotopic (exact) mass is 678 g/mol. The maximum absolute atomic E-state index is 15.6. The maximum Gasteiger partial charge on any atom is 0.330 e. The molecule has 2 aromatic carbocycles. The van der Waals surface area contributed by atoms with Crippen molar-refractivity contribution >= 4 is 29.1 Å². The van der Waals surface area contributed by atoms with Gasteiger partial charge in [-0.05, 0) is 67.6 Å². The fourth-order valence-electron chi connectivity index (χ4n) is 6.47. The van der Waals surface area contributed by atoms with Gasteiger partial charge in [-0.2, -0.15) is 0 Å². The molecule has 1 aliphatic heterocycles. The number of hydrogen-bond donors (Lipinski definition) is 3. The quantitative estimate of drug-likeness (QED) is 0.255. The summed E-state index contributed by atoms with van der Waals surface area (Å²) in [5, 5.41) is 8.98. The summed E-state index contributed by atoms with van der Waals surface area (Å²) < 4.78 is 38.7. The van der Waals surface area contributed by atoms with E-state index in [4.69, 9.17) is 21.3 Å². The summed E-state index contributed by atoms with van der Waals surface area (Å²) in [7, 11) is 4.16. The number of aryl methyl sites for hydroxylation is 2. The minimum Gasteiger partial charge on any atom is -0.481 e. The van der Waals surface area contributed by atoms with Crippen LogP contribution in [0.3, 0.4) is 0 Å². The lowest BCUT2D eigenvalue weighted by atomic mass is 9.94. The lowest BCUT2D eigenvalue weighted by Crippen LogP contribution is -2.40. The van der Waals surface area contributed by atoms with E-state index in [1.54, 1.807) is 0 Å². The largest absolute Gasteiger partial charge is 0.481 e. The van der Waals surface area contributed by atoms with Gasteiger partial charge in [-0.25, -0.2) is 18.6 Å². The Morgan fingerprint density at radius 1 is 1.08 bits per heavy atom. The molecule has 1 aliphatic carbocycles. The number of halogens is 3. The zero-order valence-electron chi connectivity index (χ0n) is 26.7. The lowest BCUT2D eigenvalue weighted by Gasteiger charge is -2.20. The molecule has 0 bridgehead atoms. The van der Waals surface area contributed by atoms with Gasteiger partial charge in [0.2, 0.25) is 11.8 Å². The Balaban J connectivity index is 1.35. The van der Waals surface area contributed by atoms with Crippen molar-refractivity contribution in [2.24, 2.45) is 14.1 Å². The molecule has 250 valence electrons. The number of ether oxygens (including phenoxy) is 1. The number of amides is 2. The zero-order valence-corrected chi connectivity index (χ0v) is 27.4. The Hall–Kier alpha value is -4.88. The predicted molar refractivity (Wildman–Crippen MR) is 176 cm³/mol. The molecule has 0 spiro atoms. The van der Waals surface area contributed by atoms with E-state index in [-0.39, 0.29) is 51.0 Å². The Labute approximate surface area is 278 Å². The first kappa shape index (κ1) is 33.0. The molecule has 48 heavy (non-hydrogen) atoms. The second-order valence-corrected chi connectivity index (χ2v) is 12.4. The van der Waals surface area contributed by atoms with Crippen molar-refractivity contribution in [2.45, 2.75) is 44.7 Å². The highest BCUT2D eigenvalue weighted by Gasteiger charge is 2.31. The Kier molecular flexibility index (Phi) is 8.92. The third-order valence-corrected chi connectivity index (χ3v) is 9.41. The van der Waals surface area contributed by atoms with E-state index in [1.165, 1.54) is 46.3 Å². The van der Waals surface area contributed by atoms with Crippen molar-refractivity contribution in [2.75, 3.05) is 19.0 Å². The van der Waals surface area contributed by atoms with E-state index in [1.807, 2.05) is 6.07 Å². The molecule has 0 saturated carbocycles. The molecular weight excluding hydrogens is 646 g/mol. The number of nitrogens with one attached hydrogen (secondary N) is 3. The SMILES string of the molecule is COc1nc(-c2ccc(F)c(-c3c(F)ccc(NC(=O)c4cn(C)c(=O)n(C)c4=O)c3C)c2Cl)cc2c1[C@@H](NC[C@@H]1CCC(=O)N1)CC2. The van der Waals surface area contributed by atoms with Crippen LogP contribution in [0.2, 0.25) is 5.02 Å². The number of aromatic nitrogens is 3. The van der Waals surface area contributed by atoms with Crippen LogP contribution < -0.4 is 31.9 Å². The summed E-state index contributed by atoms with van der Waals surface area (Å²) in [6.07, 6.45) is 3.91. The van der Waals surface area contributed by atoms with Crippen LogP contribution in [0.4, 0.5) is 14.5 Å². The average molecular weight is 679 g/mol. The van der Waals surface area contributed by atoms with Gasteiger partial charge in [0.25, 0.3) is 11.5 Å². The smallest absolute Gasteiger partial charge is 0.330 e. The first-order valence-electron chi connectivity index (χ1n) is 15.4. The van der Waals surface area contributed by atoms with E-state index in [2.05, 4.69) is 16.0 Å². The van der Waals surface area contributed by atoms with Crippen molar-refractivity contribution in [3.63, 3.8) is 0 Å². The molecule has 11 nitrogen and oxygen atoms in total. The summed E-state index contributed by atoms with van der Waals surface area (Å²) in [4.78, 5) is 54.2. The Bertz CT molecular complexity index is 2110. The van der Waals surface area contributed by atoms with Gasteiger partial charge >= 0.3 is 5.69 Å². The van der Waals surface area contributed by atoms with Gasteiger partial charge in [-0.15, -0.1) is 0 Å². The van der Waals surface area contributed by atoms with Crippen LogP contribution in [0.25, 0.3) is 22.4 Å². The number of rotatable bonds is 8. The maximum atomic E-state index is 15.6. The van der Waals surface area contributed by atoms with Crippen molar-refractivity contribution in [3.05, 3.63) is 96.3 Å². The molecule has 6 rings (SSSR count). The normalized spacial score (nSPS) is 16.9. The number of benzene rings is 2. The molecule has 1 fully saturated rings. The molecule has 3 heterocycles. The first-order chi connectivity index (χ1) is 22.9. The zero-order chi connectivity index (χ0) is 34.4. The predicted octanol–water partition coefficient (Wildman–Crippen LogP) is 4.17. The summed E-state index contributed by atoms with van der Waals surface area (Å²) >= 11 is 6.86. The van der Waals surface area contributed by atoms with Crippen LogP contribution in [0.15, 0.2) is 46.1 Å². The van der Waals surface area contributed by atoms with Crippen LogP contribution >= 0.6 is 11.6 Å². The van der Waals surface area contributed by atoms with Gasteiger partial charge in [-0.3, -0.25) is 19.0 Å². The van der Waals surface area contributed by atoms with Crippen molar-refractivity contribution in [3.8, 4) is 28.3 Å². The highest BCUT2D eigenvalue weighted by molar-refractivity contribution is 6.36. The molecular formula is C34H33ClF2N6O5. The van der Waals surface area contributed by atoms with E-state index < -0.39 is 28.8 Å². The highest BCUT2D eigenvalue weighted by atomic mass is 35.5. The van der Waals surface area contributed by atoms with E-state index in [9.17, 15) is 19.2 Å². The fraction of sp³-hybridized carbons (Fsp3) is 0.324. The molecule has 2 atom stereocenters. The number of pyridine rings is 1. The van der Waals surface area contributed by atoms with Gasteiger partial charge in [0.1, 0.15) is 17.2 Å². The van der Waals surface area contributed by atoms with Crippen LogP contribution in [-0.2, 0) is 25.3 Å². The topological polar surface area (TPSA) is 136 Å². The average Bonchev–Trinajstić information content (AvgIpc) is 3.68. The molecule has 2 aromatic heterocycles. The Morgan fingerprint density at radius 3 is 2.52 bits per heavy atom. The molecule has 2 amide bonds. The van der Waals surface area contributed by atoms with Gasteiger partial charge < -0.3 is 25.3 Å². The lowest BCUT2D eigenvalue weighted by molar-refractivity contribution is -0.119.